The Kier molecular flexibility index (Phi) is 4.98. The van der Waals surface area contributed by atoms with E-state index in [9.17, 15) is 0 Å². The zero-order valence-corrected chi connectivity index (χ0v) is 12.9. The summed E-state index contributed by atoms with van der Waals surface area (Å²) in [5, 5.41) is 0. The molecule has 2 aromatic rings. The first-order valence-corrected chi connectivity index (χ1v) is 7.60. The summed E-state index contributed by atoms with van der Waals surface area (Å²) < 4.78 is 11.2. The number of ether oxygens (including phenoxy) is 2. The Balaban J connectivity index is 1.62. The predicted molar refractivity (Wildman–Crippen MR) is 84.7 cm³/mol. The summed E-state index contributed by atoms with van der Waals surface area (Å²) in [7, 11) is 0. The molecule has 3 rings (SSSR count). The van der Waals surface area contributed by atoms with Crippen LogP contribution < -0.4 is 4.90 Å². The molecule has 0 atom stereocenters. The second-order valence-electron chi connectivity index (χ2n) is 5.34. The van der Waals surface area contributed by atoms with Crippen molar-refractivity contribution in [2.24, 2.45) is 0 Å². The third kappa shape index (κ3) is 4.02. The number of benzene rings is 1. The van der Waals surface area contributed by atoms with Gasteiger partial charge in [0.2, 0.25) is 0 Å². The number of hydrogen-bond acceptors (Lipinski definition) is 5. The minimum absolute atomic E-state index is 0.496. The molecule has 1 aliphatic heterocycles. The highest BCUT2D eigenvalue weighted by molar-refractivity contribution is 5.40. The van der Waals surface area contributed by atoms with Gasteiger partial charge < -0.3 is 14.4 Å². The first kappa shape index (κ1) is 14.9. The Labute approximate surface area is 130 Å². The molecule has 1 saturated heterocycles. The van der Waals surface area contributed by atoms with Gasteiger partial charge in [-0.25, -0.2) is 9.97 Å². The zero-order valence-electron chi connectivity index (χ0n) is 12.9. The fraction of sp³-hybridized carbons (Fsp3) is 0.412. The van der Waals surface area contributed by atoms with E-state index in [0.29, 0.717) is 13.2 Å². The third-order valence-electron chi connectivity index (χ3n) is 3.57. The van der Waals surface area contributed by atoms with Gasteiger partial charge in [0.15, 0.2) is 0 Å². The number of anilines is 1. The van der Waals surface area contributed by atoms with Gasteiger partial charge >= 0.3 is 0 Å². The quantitative estimate of drug-likeness (QED) is 0.848. The second kappa shape index (κ2) is 7.33. The molecule has 0 unspecified atom stereocenters. The van der Waals surface area contributed by atoms with Crippen molar-refractivity contribution in [1.29, 1.82) is 0 Å². The number of hydrogen-bond donors (Lipinski definition) is 0. The number of aryl methyl sites for hydroxylation is 1. The summed E-state index contributed by atoms with van der Waals surface area (Å²) in [5.74, 6) is 1.75. The maximum atomic E-state index is 5.77. The highest BCUT2D eigenvalue weighted by Crippen LogP contribution is 2.15. The van der Waals surface area contributed by atoms with Crippen molar-refractivity contribution in [3.05, 3.63) is 53.5 Å². The molecule has 0 saturated carbocycles. The van der Waals surface area contributed by atoms with Crippen LogP contribution in [0, 0.1) is 6.92 Å². The van der Waals surface area contributed by atoms with Crippen molar-refractivity contribution in [3.8, 4) is 0 Å². The lowest BCUT2D eigenvalue weighted by Crippen LogP contribution is -2.37. The van der Waals surface area contributed by atoms with Crippen molar-refractivity contribution >= 4 is 5.82 Å². The summed E-state index contributed by atoms with van der Waals surface area (Å²) >= 11 is 0. The Hall–Kier alpha value is -1.98. The fourth-order valence-corrected chi connectivity index (χ4v) is 2.49. The Morgan fingerprint density at radius 2 is 1.86 bits per heavy atom. The van der Waals surface area contributed by atoms with Crippen molar-refractivity contribution in [1.82, 2.24) is 9.97 Å². The normalized spacial score (nSPS) is 15.0. The second-order valence-corrected chi connectivity index (χ2v) is 5.34. The Bertz CT molecular complexity index is 598. The largest absolute Gasteiger partial charge is 0.378 e. The van der Waals surface area contributed by atoms with Crippen LogP contribution in [-0.2, 0) is 22.7 Å². The van der Waals surface area contributed by atoms with Gasteiger partial charge in [0.25, 0.3) is 0 Å². The maximum Gasteiger partial charge on any atom is 0.132 e. The van der Waals surface area contributed by atoms with Gasteiger partial charge in [-0.15, -0.1) is 0 Å². The zero-order chi connectivity index (χ0) is 15.2. The van der Waals surface area contributed by atoms with Crippen LogP contribution in [0.5, 0.6) is 0 Å². The Morgan fingerprint density at radius 1 is 1.09 bits per heavy atom. The average Bonchev–Trinajstić information content (AvgIpc) is 2.56. The molecule has 0 bridgehead atoms. The summed E-state index contributed by atoms with van der Waals surface area (Å²) in [6, 6.07) is 12.2. The van der Waals surface area contributed by atoms with E-state index >= 15 is 0 Å². The number of nitrogens with zero attached hydrogens (tertiary/aromatic N) is 3. The lowest BCUT2D eigenvalue weighted by Gasteiger charge is -2.28. The summed E-state index contributed by atoms with van der Waals surface area (Å²) in [4.78, 5) is 11.2. The van der Waals surface area contributed by atoms with Crippen molar-refractivity contribution in [2.45, 2.75) is 20.1 Å². The molecule has 2 heterocycles. The molecule has 116 valence electrons. The Morgan fingerprint density at radius 3 is 2.64 bits per heavy atom. The van der Waals surface area contributed by atoms with E-state index in [2.05, 4.69) is 27.0 Å². The van der Waals surface area contributed by atoms with Crippen LogP contribution in [0.25, 0.3) is 0 Å². The number of rotatable bonds is 5. The van der Waals surface area contributed by atoms with Crippen molar-refractivity contribution < 1.29 is 9.47 Å². The van der Waals surface area contributed by atoms with Crippen molar-refractivity contribution in [2.75, 3.05) is 31.2 Å². The van der Waals surface area contributed by atoms with Crippen LogP contribution in [0.4, 0.5) is 5.82 Å². The van der Waals surface area contributed by atoms with E-state index in [4.69, 9.17) is 9.47 Å². The smallest absolute Gasteiger partial charge is 0.132 e. The molecular weight excluding hydrogens is 278 g/mol. The fourth-order valence-electron chi connectivity index (χ4n) is 2.49. The van der Waals surface area contributed by atoms with Crippen LogP contribution in [0.3, 0.4) is 0 Å². The third-order valence-corrected chi connectivity index (χ3v) is 3.57. The molecule has 0 N–H and O–H groups in total. The minimum atomic E-state index is 0.496. The van der Waals surface area contributed by atoms with Crippen molar-refractivity contribution in [3.63, 3.8) is 0 Å². The molecule has 1 fully saturated rings. The van der Waals surface area contributed by atoms with Gasteiger partial charge in [-0.05, 0) is 12.5 Å². The lowest BCUT2D eigenvalue weighted by molar-refractivity contribution is 0.104. The molecule has 0 spiro atoms. The molecule has 5 heteroatoms. The maximum absolute atomic E-state index is 5.77. The molecule has 5 nitrogen and oxygen atoms in total. The molecule has 22 heavy (non-hydrogen) atoms. The summed E-state index contributed by atoms with van der Waals surface area (Å²) in [6.45, 7) is 6.27. The van der Waals surface area contributed by atoms with E-state index in [1.807, 2.05) is 31.2 Å². The van der Waals surface area contributed by atoms with Crippen LogP contribution in [0.2, 0.25) is 0 Å². The minimum Gasteiger partial charge on any atom is -0.378 e. The average molecular weight is 299 g/mol. The van der Waals surface area contributed by atoms with Crippen LogP contribution in [0.15, 0.2) is 36.4 Å². The number of aromatic nitrogens is 2. The monoisotopic (exact) mass is 299 g/mol. The molecular formula is C17H21N3O2. The highest BCUT2D eigenvalue weighted by Gasteiger charge is 2.14. The van der Waals surface area contributed by atoms with Crippen LogP contribution >= 0.6 is 0 Å². The standard InChI is InChI=1S/C17H21N3O2/c1-14-18-16(13-22-12-15-5-3-2-4-6-15)11-17(19-14)20-7-9-21-10-8-20/h2-6,11H,7-10,12-13H2,1H3. The van der Waals surface area contributed by atoms with Gasteiger partial charge in [-0.1, -0.05) is 30.3 Å². The first-order chi connectivity index (χ1) is 10.8. The summed E-state index contributed by atoms with van der Waals surface area (Å²) in [6.07, 6.45) is 0. The van der Waals surface area contributed by atoms with Gasteiger partial charge in [0.1, 0.15) is 11.6 Å². The van der Waals surface area contributed by atoms with Gasteiger partial charge in [0.05, 0.1) is 32.1 Å². The topological polar surface area (TPSA) is 47.5 Å². The molecule has 1 aliphatic rings. The van der Waals surface area contributed by atoms with E-state index in [1.165, 1.54) is 5.56 Å². The molecule has 0 radical (unpaired) electrons. The van der Waals surface area contributed by atoms with Gasteiger partial charge in [-0.3, -0.25) is 0 Å². The predicted octanol–water partition coefficient (Wildman–Crippen LogP) is 2.34. The highest BCUT2D eigenvalue weighted by atomic mass is 16.5. The number of morpholine rings is 1. The SMILES string of the molecule is Cc1nc(COCc2ccccc2)cc(N2CCOCC2)n1. The lowest BCUT2D eigenvalue weighted by atomic mass is 10.2. The van der Waals surface area contributed by atoms with E-state index in [0.717, 1.165) is 43.6 Å². The van der Waals surface area contributed by atoms with Gasteiger partial charge in [0, 0.05) is 19.2 Å². The molecule has 1 aromatic carbocycles. The molecule has 0 aliphatic carbocycles. The van der Waals surface area contributed by atoms with E-state index < -0.39 is 0 Å². The van der Waals surface area contributed by atoms with Crippen LogP contribution in [-0.4, -0.2) is 36.3 Å². The van der Waals surface area contributed by atoms with Gasteiger partial charge in [-0.2, -0.15) is 0 Å². The summed E-state index contributed by atoms with van der Waals surface area (Å²) in [5.41, 5.74) is 2.09. The molecule has 1 aromatic heterocycles. The van der Waals surface area contributed by atoms with E-state index in [-0.39, 0.29) is 0 Å². The first-order valence-electron chi connectivity index (χ1n) is 7.60. The van der Waals surface area contributed by atoms with E-state index in [1.54, 1.807) is 0 Å². The molecule has 0 amide bonds. The van der Waals surface area contributed by atoms with Crippen LogP contribution in [0.1, 0.15) is 17.1 Å².